The van der Waals surface area contributed by atoms with Crippen LogP contribution in [0.5, 0.6) is 5.75 Å². The van der Waals surface area contributed by atoms with Gasteiger partial charge in [0.2, 0.25) is 12.3 Å². The van der Waals surface area contributed by atoms with Crippen LogP contribution in [0, 0.1) is 0 Å². The highest BCUT2D eigenvalue weighted by atomic mass is 79.9. The zero-order valence-corrected chi connectivity index (χ0v) is 15.7. The van der Waals surface area contributed by atoms with Gasteiger partial charge >= 0.3 is 0 Å². The lowest BCUT2D eigenvalue weighted by Crippen LogP contribution is -3.00. The standard InChI is InChI=1S/C19H16ClN2O2.BrH/c20-16-6-4-15(5-7-16)19(23)13-22-11-8-18(9-12-22)24-14-17-3-1-2-10-21-17;/h1-12H,13-14H2;1H/q+1;/p-1. The third-order valence-corrected chi connectivity index (χ3v) is 3.72. The minimum Gasteiger partial charge on any atom is -1.00 e. The molecule has 2 aromatic heterocycles. The summed E-state index contributed by atoms with van der Waals surface area (Å²) in [5, 5.41) is 0.619. The monoisotopic (exact) mass is 418 g/mol. The van der Waals surface area contributed by atoms with Gasteiger partial charge in [-0.3, -0.25) is 9.78 Å². The Labute approximate surface area is 161 Å². The number of hydrogen-bond donors (Lipinski definition) is 0. The van der Waals surface area contributed by atoms with Gasteiger partial charge in [0.25, 0.3) is 0 Å². The average Bonchev–Trinajstić information content (AvgIpc) is 2.62. The topological polar surface area (TPSA) is 43.1 Å². The second-order valence-corrected chi connectivity index (χ2v) is 5.68. The number of halogens is 2. The van der Waals surface area contributed by atoms with Gasteiger partial charge in [-0.05, 0) is 36.4 Å². The molecular weight excluding hydrogens is 404 g/mol. The molecule has 3 aromatic rings. The van der Waals surface area contributed by atoms with E-state index in [2.05, 4.69) is 4.98 Å². The van der Waals surface area contributed by atoms with Crippen molar-refractivity contribution in [1.29, 1.82) is 0 Å². The Morgan fingerprint density at radius 3 is 2.40 bits per heavy atom. The summed E-state index contributed by atoms with van der Waals surface area (Å²) in [6.07, 6.45) is 5.38. The smallest absolute Gasteiger partial charge is 0.227 e. The summed E-state index contributed by atoms with van der Waals surface area (Å²) in [5.41, 5.74) is 1.51. The van der Waals surface area contributed by atoms with Gasteiger partial charge in [-0.2, -0.15) is 4.57 Å². The fraction of sp³-hybridized carbons (Fsp3) is 0.105. The summed E-state index contributed by atoms with van der Waals surface area (Å²) in [7, 11) is 0. The van der Waals surface area contributed by atoms with Gasteiger partial charge in [0.1, 0.15) is 12.4 Å². The molecule has 128 valence electrons. The van der Waals surface area contributed by atoms with E-state index in [1.165, 1.54) is 0 Å². The first kappa shape index (κ1) is 19.1. The summed E-state index contributed by atoms with van der Waals surface area (Å²) in [6.45, 7) is 0.677. The number of pyridine rings is 2. The molecular formula is C19H16BrClN2O2. The molecule has 0 saturated carbocycles. The first-order chi connectivity index (χ1) is 11.7. The van der Waals surface area contributed by atoms with E-state index >= 15 is 0 Å². The number of carbonyl (C=O) groups excluding carboxylic acids is 1. The predicted molar refractivity (Wildman–Crippen MR) is 91.0 cm³/mol. The minimum absolute atomic E-state index is 0. The predicted octanol–water partition coefficient (Wildman–Crippen LogP) is 0.488. The number of carbonyl (C=O) groups is 1. The van der Waals surface area contributed by atoms with Crippen molar-refractivity contribution >= 4 is 17.4 Å². The molecule has 0 aliphatic heterocycles. The van der Waals surface area contributed by atoms with E-state index in [0.717, 1.165) is 11.4 Å². The molecule has 4 nitrogen and oxygen atoms in total. The molecule has 0 atom stereocenters. The number of aromatic nitrogens is 2. The van der Waals surface area contributed by atoms with Gasteiger partial charge in [-0.25, -0.2) is 0 Å². The van der Waals surface area contributed by atoms with Crippen molar-refractivity contribution in [3.05, 3.63) is 89.5 Å². The second-order valence-electron chi connectivity index (χ2n) is 5.25. The molecule has 25 heavy (non-hydrogen) atoms. The van der Waals surface area contributed by atoms with Gasteiger partial charge in [0.15, 0.2) is 12.4 Å². The minimum atomic E-state index is 0. The van der Waals surface area contributed by atoms with E-state index < -0.39 is 0 Å². The highest BCUT2D eigenvalue weighted by Gasteiger charge is 2.12. The molecule has 0 aliphatic carbocycles. The molecule has 2 heterocycles. The third-order valence-electron chi connectivity index (χ3n) is 3.47. The molecule has 0 unspecified atom stereocenters. The van der Waals surface area contributed by atoms with Crippen molar-refractivity contribution in [2.75, 3.05) is 0 Å². The summed E-state index contributed by atoms with van der Waals surface area (Å²) in [6, 6.07) is 16.3. The fourth-order valence-corrected chi connectivity index (χ4v) is 2.30. The van der Waals surface area contributed by atoms with Crippen LogP contribution in [0.1, 0.15) is 16.1 Å². The van der Waals surface area contributed by atoms with Crippen molar-refractivity contribution < 1.29 is 31.1 Å². The Balaban J connectivity index is 0.00000225. The summed E-state index contributed by atoms with van der Waals surface area (Å²) < 4.78 is 7.48. The summed E-state index contributed by atoms with van der Waals surface area (Å²) in [4.78, 5) is 16.4. The van der Waals surface area contributed by atoms with Crippen LogP contribution in [0.15, 0.2) is 73.2 Å². The van der Waals surface area contributed by atoms with E-state index in [9.17, 15) is 4.79 Å². The quantitative estimate of drug-likeness (QED) is 0.431. The molecule has 0 bridgehead atoms. The Bertz CT molecular complexity index is 809. The number of rotatable bonds is 6. The maximum Gasteiger partial charge on any atom is 0.227 e. The van der Waals surface area contributed by atoms with Crippen LogP contribution in [-0.4, -0.2) is 10.8 Å². The summed E-state index contributed by atoms with van der Waals surface area (Å²) >= 11 is 5.83. The van der Waals surface area contributed by atoms with E-state index in [0.29, 0.717) is 17.2 Å². The highest BCUT2D eigenvalue weighted by molar-refractivity contribution is 6.30. The van der Waals surface area contributed by atoms with E-state index in [1.54, 1.807) is 30.5 Å². The molecule has 0 N–H and O–H groups in total. The van der Waals surface area contributed by atoms with Crippen LogP contribution in [-0.2, 0) is 13.2 Å². The fourth-order valence-electron chi connectivity index (χ4n) is 2.18. The van der Waals surface area contributed by atoms with Crippen molar-refractivity contribution in [2.45, 2.75) is 13.2 Å². The molecule has 0 fully saturated rings. The van der Waals surface area contributed by atoms with Crippen molar-refractivity contribution in [2.24, 2.45) is 0 Å². The highest BCUT2D eigenvalue weighted by Crippen LogP contribution is 2.11. The van der Waals surface area contributed by atoms with Gasteiger partial charge in [-0.1, -0.05) is 17.7 Å². The SMILES string of the molecule is O=C(C[n+]1ccc(OCc2ccccn2)cc1)c1ccc(Cl)cc1.[Br-]. The summed E-state index contributed by atoms with van der Waals surface area (Å²) in [5.74, 6) is 0.759. The number of benzene rings is 1. The maximum absolute atomic E-state index is 12.2. The van der Waals surface area contributed by atoms with Gasteiger partial charge < -0.3 is 21.7 Å². The third kappa shape index (κ3) is 5.66. The normalized spacial score (nSPS) is 9.96. The van der Waals surface area contributed by atoms with Crippen LogP contribution in [0.3, 0.4) is 0 Å². The number of ketones is 1. The molecule has 0 saturated heterocycles. The van der Waals surface area contributed by atoms with Crippen molar-refractivity contribution in [3.8, 4) is 5.75 Å². The zero-order valence-electron chi connectivity index (χ0n) is 13.3. The molecule has 0 radical (unpaired) electrons. The second kappa shape index (κ2) is 9.30. The maximum atomic E-state index is 12.2. The Hall–Kier alpha value is -2.24. The van der Waals surface area contributed by atoms with Gasteiger partial charge in [-0.15, -0.1) is 0 Å². The van der Waals surface area contributed by atoms with Crippen molar-refractivity contribution in [1.82, 2.24) is 4.98 Å². The van der Waals surface area contributed by atoms with Crippen LogP contribution < -0.4 is 26.3 Å². The Kier molecular flexibility index (Phi) is 7.10. The van der Waals surface area contributed by atoms with Crippen LogP contribution in [0.4, 0.5) is 0 Å². The lowest BCUT2D eigenvalue weighted by atomic mass is 10.1. The Morgan fingerprint density at radius 1 is 1.04 bits per heavy atom. The van der Waals surface area contributed by atoms with Crippen molar-refractivity contribution in [3.63, 3.8) is 0 Å². The Morgan fingerprint density at radius 2 is 1.76 bits per heavy atom. The van der Waals surface area contributed by atoms with Crippen LogP contribution in [0.25, 0.3) is 0 Å². The van der Waals surface area contributed by atoms with E-state index in [4.69, 9.17) is 16.3 Å². The largest absolute Gasteiger partial charge is 1.00 e. The number of Topliss-reactive ketones (excluding diaryl/α,β-unsaturated/α-hetero) is 1. The lowest BCUT2D eigenvalue weighted by Gasteiger charge is -2.04. The van der Waals surface area contributed by atoms with Gasteiger partial charge in [0.05, 0.1) is 5.69 Å². The van der Waals surface area contributed by atoms with E-state index in [-0.39, 0.29) is 29.3 Å². The first-order valence-corrected chi connectivity index (χ1v) is 7.89. The molecule has 3 rings (SSSR count). The van der Waals surface area contributed by atoms with E-state index in [1.807, 2.05) is 47.3 Å². The molecule has 1 aromatic carbocycles. The number of nitrogens with zero attached hydrogens (tertiary/aromatic N) is 2. The van der Waals surface area contributed by atoms with Crippen LogP contribution >= 0.6 is 11.6 Å². The van der Waals surface area contributed by atoms with Gasteiger partial charge in [0, 0.05) is 28.9 Å². The molecule has 0 spiro atoms. The average molecular weight is 420 g/mol. The molecule has 0 amide bonds. The first-order valence-electron chi connectivity index (χ1n) is 7.51. The number of ether oxygens (including phenoxy) is 1. The molecule has 0 aliphatic rings. The van der Waals surface area contributed by atoms with Crippen LogP contribution in [0.2, 0.25) is 5.02 Å². The lowest BCUT2D eigenvalue weighted by molar-refractivity contribution is -0.683. The number of hydrogen-bond acceptors (Lipinski definition) is 3. The molecule has 6 heteroatoms. The zero-order chi connectivity index (χ0) is 16.8.